The molecule has 0 atom stereocenters. The molecule has 0 unspecified atom stereocenters. The van der Waals surface area contributed by atoms with Crippen molar-refractivity contribution in [2.75, 3.05) is 11.9 Å². The molecule has 2 N–H and O–H groups in total. The van der Waals surface area contributed by atoms with Crippen LogP contribution < -0.4 is 10.6 Å². The largest absolute Gasteiger partial charge is 0.405 e. The number of nitrogens with zero attached hydrogens (tertiary/aromatic N) is 3. The normalized spacial score (nSPS) is 11.4. The Morgan fingerprint density at radius 1 is 1.00 bits per heavy atom. The van der Waals surface area contributed by atoms with Crippen LogP contribution >= 0.6 is 0 Å². The van der Waals surface area contributed by atoms with E-state index in [2.05, 4.69) is 15.3 Å². The van der Waals surface area contributed by atoms with E-state index < -0.39 is 18.8 Å². The molecule has 0 aliphatic rings. The molecular weight excluding hydrogens is 395 g/mol. The van der Waals surface area contributed by atoms with Crippen LogP contribution in [-0.4, -0.2) is 33.1 Å². The highest BCUT2D eigenvalue weighted by Gasteiger charge is 2.27. The highest BCUT2D eigenvalue weighted by molar-refractivity contribution is 5.90. The number of hydrogen-bond donors (Lipinski definition) is 2. The Labute approximate surface area is 169 Å². The molecule has 0 saturated heterocycles. The van der Waals surface area contributed by atoms with Gasteiger partial charge in [-0.25, -0.2) is 9.78 Å². The molecule has 30 heavy (non-hydrogen) atoms. The summed E-state index contributed by atoms with van der Waals surface area (Å²) in [7, 11) is 0. The van der Waals surface area contributed by atoms with Crippen LogP contribution in [0.5, 0.6) is 0 Å². The first-order valence-electron chi connectivity index (χ1n) is 9.00. The highest BCUT2D eigenvalue weighted by Crippen LogP contribution is 2.25. The van der Waals surface area contributed by atoms with Crippen LogP contribution in [0, 0.1) is 0 Å². The zero-order valence-electron chi connectivity index (χ0n) is 15.5. The van der Waals surface area contributed by atoms with Crippen LogP contribution in [0.4, 0.5) is 23.7 Å². The predicted octanol–water partition coefficient (Wildman–Crippen LogP) is 4.75. The van der Waals surface area contributed by atoms with Gasteiger partial charge in [0.1, 0.15) is 12.2 Å². The van der Waals surface area contributed by atoms with Gasteiger partial charge in [-0.2, -0.15) is 13.2 Å². The summed E-state index contributed by atoms with van der Waals surface area (Å²) in [6.07, 6.45) is 0.965. The van der Waals surface area contributed by atoms with Gasteiger partial charge in [0, 0.05) is 35.4 Å². The summed E-state index contributed by atoms with van der Waals surface area (Å²) in [5.41, 5.74) is 4.21. The van der Waals surface area contributed by atoms with Gasteiger partial charge in [0.25, 0.3) is 0 Å². The van der Waals surface area contributed by atoms with Crippen molar-refractivity contribution in [2.45, 2.75) is 6.18 Å². The maximum Gasteiger partial charge on any atom is 0.405 e. The van der Waals surface area contributed by atoms with E-state index >= 15 is 0 Å². The van der Waals surface area contributed by atoms with Crippen molar-refractivity contribution in [1.29, 1.82) is 0 Å². The van der Waals surface area contributed by atoms with Crippen LogP contribution in [0.3, 0.4) is 0 Å². The number of rotatable bonds is 4. The fourth-order valence-electron chi connectivity index (χ4n) is 2.93. The number of nitrogens with one attached hydrogen (secondary N) is 2. The van der Waals surface area contributed by atoms with E-state index in [-0.39, 0.29) is 0 Å². The Morgan fingerprint density at radius 3 is 2.60 bits per heavy atom. The number of halogens is 3. The van der Waals surface area contributed by atoms with Crippen molar-refractivity contribution in [1.82, 2.24) is 19.7 Å². The molecule has 9 heteroatoms. The van der Waals surface area contributed by atoms with Gasteiger partial charge in [-0.3, -0.25) is 4.98 Å². The van der Waals surface area contributed by atoms with Crippen LogP contribution in [-0.2, 0) is 0 Å². The molecule has 4 aromatic rings. The van der Waals surface area contributed by atoms with Gasteiger partial charge in [-0.1, -0.05) is 18.2 Å². The van der Waals surface area contributed by atoms with E-state index in [1.807, 2.05) is 47.1 Å². The van der Waals surface area contributed by atoms with E-state index in [9.17, 15) is 18.0 Å². The lowest BCUT2D eigenvalue weighted by Crippen LogP contribution is -2.36. The summed E-state index contributed by atoms with van der Waals surface area (Å²) in [5.74, 6) is 0. The number of benzene rings is 1. The number of anilines is 1. The molecule has 2 amide bonds. The smallest absolute Gasteiger partial charge is 0.329 e. The summed E-state index contributed by atoms with van der Waals surface area (Å²) in [5, 5.41) is 4.17. The molecule has 0 saturated carbocycles. The Morgan fingerprint density at radius 2 is 1.83 bits per heavy atom. The van der Waals surface area contributed by atoms with Gasteiger partial charge in [0.05, 0.1) is 11.4 Å². The number of carbonyl (C=O) groups is 1. The number of aromatic nitrogens is 3. The van der Waals surface area contributed by atoms with Crippen molar-refractivity contribution >= 4 is 17.4 Å². The maximum absolute atomic E-state index is 12.2. The van der Waals surface area contributed by atoms with Gasteiger partial charge >= 0.3 is 12.2 Å². The Kier molecular flexibility index (Phi) is 5.09. The average Bonchev–Trinajstić information content (AvgIpc) is 3.16. The molecule has 0 fully saturated rings. The van der Waals surface area contributed by atoms with E-state index in [4.69, 9.17) is 0 Å². The summed E-state index contributed by atoms with van der Waals surface area (Å²) >= 11 is 0. The number of imidazole rings is 1. The van der Waals surface area contributed by atoms with Gasteiger partial charge in [0.2, 0.25) is 0 Å². The molecule has 4 rings (SSSR count). The van der Waals surface area contributed by atoms with Crippen molar-refractivity contribution in [2.24, 2.45) is 0 Å². The molecule has 0 bridgehead atoms. The molecule has 0 spiro atoms. The van der Waals surface area contributed by atoms with Crippen LogP contribution in [0.1, 0.15) is 0 Å². The molecule has 1 aromatic carbocycles. The van der Waals surface area contributed by atoms with Gasteiger partial charge < -0.3 is 15.0 Å². The zero-order chi connectivity index (χ0) is 21.1. The third kappa shape index (κ3) is 4.57. The van der Waals surface area contributed by atoms with E-state index in [1.54, 1.807) is 35.8 Å². The number of hydrogen-bond acceptors (Lipinski definition) is 3. The lowest BCUT2D eigenvalue weighted by atomic mass is 10.1. The Balaban J connectivity index is 1.55. The second kappa shape index (κ2) is 7.86. The highest BCUT2D eigenvalue weighted by atomic mass is 19.4. The number of pyridine rings is 2. The first-order chi connectivity index (χ1) is 14.4. The van der Waals surface area contributed by atoms with Gasteiger partial charge in [-0.15, -0.1) is 0 Å². The lowest BCUT2D eigenvalue weighted by molar-refractivity contribution is -0.122. The molecule has 0 radical (unpaired) electrons. The first kappa shape index (κ1) is 19.4. The van der Waals surface area contributed by atoms with E-state index in [0.717, 1.165) is 16.9 Å². The van der Waals surface area contributed by atoms with Crippen molar-refractivity contribution in [3.8, 4) is 22.5 Å². The monoisotopic (exact) mass is 411 g/mol. The third-order valence-electron chi connectivity index (χ3n) is 4.29. The molecule has 3 aromatic heterocycles. The lowest BCUT2D eigenvalue weighted by Gasteiger charge is -2.10. The minimum atomic E-state index is -4.47. The van der Waals surface area contributed by atoms with Gasteiger partial charge in [-0.05, 0) is 36.4 Å². The zero-order valence-corrected chi connectivity index (χ0v) is 15.5. The second-order valence-corrected chi connectivity index (χ2v) is 6.53. The molecule has 6 nitrogen and oxygen atoms in total. The van der Waals surface area contributed by atoms with Crippen molar-refractivity contribution in [3.63, 3.8) is 0 Å². The minimum Gasteiger partial charge on any atom is -0.329 e. The standard InChI is InChI=1S/C21H16F3N5O/c22-21(23,24)13-26-20(30)27-16-5-3-4-14(10-16)18-12-29-9-7-15(11-19(29)28-18)17-6-1-2-8-25-17/h1-12H,13H2,(H2,26,27,30). The number of carbonyl (C=O) groups excluding carboxylic acids is 1. The van der Waals surface area contributed by atoms with Crippen LogP contribution in [0.2, 0.25) is 0 Å². The van der Waals surface area contributed by atoms with Crippen LogP contribution in [0.15, 0.2) is 73.2 Å². The molecule has 3 heterocycles. The first-order valence-corrected chi connectivity index (χ1v) is 9.00. The molecule has 0 aliphatic carbocycles. The summed E-state index contributed by atoms with van der Waals surface area (Å²) in [6.45, 7) is -1.40. The van der Waals surface area contributed by atoms with Gasteiger partial charge in [0.15, 0.2) is 0 Å². The van der Waals surface area contributed by atoms with E-state index in [0.29, 0.717) is 16.9 Å². The quantitative estimate of drug-likeness (QED) is 0.509. The summed E-state index contributed by atoms with van der Waals surface area (Å²) in [6, 6.07) is 15.3. The molecule has 152 valence electrons. The maximum atomic E-state index is 12.2. The summed E-state index contributed by atoms with van der Waals surface area (Å²) in [4.78, 5) is 20.6. The van der Waals surface area contributed by atoms with Crippen molar-refractivity contribution < 1.29 is 18.0 Å². The molecule has 0 aliphatic heterocycles. The topological polar surface area (TPSA) is 71.3 Å². The van der Waals surface area contributed by atoms with Crippen LogP contribution in [0.25, 0.3) is 28.2 Å². The average molecular weight is 411 g/mol. The number of urea groups is 1. The number of fused-ring (bicyclic) bond motifs is 1. The second-order valence-electron chi connectivity index (χ2n) is 6.53. The Bertz CT molecular complexity index is 1190. The Hall–Kier alpha value is -3.88. The number of amides is 2. The predicted molar refractivity (Wildman–Crippen MR) is 107 cm³/mol. The number of alkyl halides is 3. The van der Waals surface area contributed by atoms with Crippen molar-refractivity contribution in [3.05, 3.63) is 73.2 Å². The molecular formula is C21H16F3N5O. The summed E-state index contributed by atoms with van der Waals surface area (Å²) < 4.78 is 38.5. The SMILES string of the molecule is O=C(NCC(F)(F)F)Nc1cccc(-c2cn3ccc(-c4ccccn4)cc3n2)c1. The third-order valence-corrected chi connectivity index (χ3v) is 4.29. The minimum absolute atomic E-state index is 0.360. The fraction of sp³-hybridized carbons (Fsp3) is 0.0952. The van der Waals surface area contributed by atoms with E-state index in [1.165, 1.54) is 0 Å². The fourth-order valence-corrected chi connectivity index (χ4v) is 2.93.